The smallest absolute Gasteiger partial charge is 0.305 e. The van der Waals surface area contributed by atoms with Crippen LogP contribution in [-0.2, 0) is 28.5 Å². The van der Waals surface area contributed by atoms with E-state index in [1.165, 1.54) is 38.5 Å². The second-order valence-electron chi connectivity index (χ2n) is 6.89. The zero-order valence-corrected chi connectivity index (χ0v) is 18.4. The van der Waals surface area contributed by atoms with Crippen molar-refractivity contribution in [2.75, 3.05) is 59.5 Å². The van der Waals surface area contributed by atoms with Crippen LogP contribution in [0, 0.1) is 0 Å². The Hall–Kier alpha value is -0.690. The Morgan fingerprint density at radius 3 is 1.50 bits per heavy atom. The first-order chi connectivity index (χ1) is 13.8. The summed E-state index contributed by atoms with van der Waals surface area (Å²) in [6.45, 7) is 9.59. The number of carbonyl (C=O) groups is 1. The molecule has 0 aliphatic carbocycles. The van der Waals surface area contributed by atoms with Crippen LogP contribution in [0.2, 0.25) is 0 Å². The van der Waals surface area contributed by atoms with Crippen molar-refractivity contribution < 1.29 is 28.5 Å². The molecule has 168 valence electrons. The fourth-order valence-corrected chi connectivity index (χ4v) is 2.53. The molecule has 0 rings (SSSR count). The molecule has 0 amide bonds. The molecule has 0 saturated carbocycles. The fourth-order valence-electron chi connectivity index (χ4n) is 2.53. The molecule has 0 heterocycles. The summed E-state index contributed by atoms with van der Waals surface area (Å²) in [5.41, 5.74) is 0. The number of carbonyl (C=O) groups excluding carboxylic acids is 1. The van der Waals surface area contributed by atoms with Gasteiger partial charge in [-0.25, -0.2) is 0 Å². The van der Waals surface area contributed by atoms with E-state index in [9.17, 15) is 4.79 Å². The monoisotopic (exact) mass is 404 g/mol. The predicted molar refractivity (Wildman–Crippen MR) is 112 cm³/mol. The highest BCUT2D eigenvalue weighted by Gasteiger charge is 2.01. The Morgan fingerprint density at radius 2 is 0.964 bits per heavy atom. The number of hydrogen-bond donors (Lipinski definition) is 0. The van der Waals surface area contributed by atoms with E-state index in [0.29, 0.717) is 65.7 Å². The van der Waals surface area contributed by atoms with Gasteiger partial charge in [0.15, 0.2) is 0 Å². The van der Waals surface area contributed by atoms with Gasteiger partial charge in [-0.05, 0) is 19.3 Å². The number of esters is 1. The summed E-state index contributed by atoms with van der Waals surface area (Å²) in [6, 6.07) is 0. The second-order valence-corrected chi connectivity index (χ2v) is 6.89. The van der Waals surface area contributed by atoms with Gasteiger partial charge in [0, 0.05) is 19.6 Å². The van der Waals surface area contributed by atoms with Crippen LogP contribution in [-0.4, -0.2) is 65.4 Å². The predicted octanol–water partition coefficient (Wildman–Crippen LogP) is 4.54. The Labute approximate surface area is 172 Å². The molecule has 0 spiro atoms. The number of unbranched alkanes of at least 4 members (excludes halogenated alkanes) is 6. The van der Waals surface area contributed by atoms with Crippen LogP contribution in [0.1, 0.15) is 78.1 Å². The molecule has 0 saturated heterocycles. The molecule has 0 radical (unpaired) electrons. The lowest BCUT2D eigenvalue weighted by Crippen LogP contribution is -2.12. The normalized spacial score (nSPS) is 11.1. The summed E-state index contributed by atoms with van der Waals surface area (Å²) in [4.78, 5) is 11.3. The Kier molecular flexibility index (Phi) is 23.7. The average Bonchev–Trinajstić information content (AvgIpc) is 2.70. The van der Waals surface area contributed by atoms with Gasteiger partial charge in [0.2, 0.25) is 0 Å². The summed E-state index contributed by atoms with van der Waals surface area (Å²) in [5.74, 6) is -0.148. The molecule has 0 unspecified atom stereocenters. The van der Waals surface area contributed by atoms with Crippen LogP contribution in [0.15, 0.2) is 0 Å². The van der Waals surface area contributed by atoms with Gasteiger partial charge in [-0.2, -0.15) is 0 Å². The van der Waals surface area contributed by atoms with Gasteiger partial charge in [0.1, 0.15) is 0 Å². The molecule has 0 aromatic rings. The number of rotatable bonds is 23. The molecule has 0 N–H and O–H groups in total. The molecule has 0 aromatic carbocycles. The first kappa shape index (κ1) is 27.3. The van der Waals surface area contributed by atoms with E-state index in [1.54, 1.807) is 0 Å². The lowest BCUT2D eigenvalue weighted by atomic mass is 10.1. The van der Waals surface area contributed by atoms with Crippen molar-refractivity contribution in [1.82, 2.24) is 0 Å². The molecule has 0 aliphatic rings. The van der Waals surface area contributed by atoms with E-state index in [-0.39, 0.29) is 5.97 Å². The molecule has 0 bridgehead atoms. The molecular weight excluding hydrogens is 360 g/mol. The summed E-state index contributed by atoms with van der Waals surface area (Å²) in [7, 11) is 0. The Bertz CT molecular complexity index is 311. The van der Waals surface area contributed by atoms with E-state index in [1.807, 2.05) is 6.92 Å². The summed E-state index contributed by atoms with van der Waals surface area (Å²) in [6.07, 6.45) is 11.1. The molecule has 0 aliphatic heterocycles. The van der Waals surface area contributed by atoms with E-state index in [2.05, 4.69) is 6.92 Å². The van der Waals surface area contributed by atoms with Crippen LogP contribution in [0.5, 0.6) is 0 Å². The van der Waals surface area contributed by atoms with Crippen molar-refractivity contribution in [3.8, 4) is 0 Å². The van der Waals surface area contributed by atoms with E-state index in [4.69, 9.17) is 23.7 Å². The third-order valence-electron chi connectivity index (χ3n) is 4.15. The molecule has 0 fully saturated rings. The van der Waals surface area contributed by atoms with Crippen LogP contribution >= 0.6 is 0 Å². The van der Waals surface area contributed by atoms with Crippen LogP contribution in [0.3, 0.4) is 0 Å². The minimum atomic E-state index is -0.148. The maximum absolute atomic E-state index is 11.3. The van der Waals surface area contributed by atoms with Crippen LogP contribution in [0.4, 0.5) is 0 Å². The number of hydrogen-bond acceptors (Lipinski definition) is 6. The summed E-state index contributed by atoms with van der Waals surface area (Å²) in [5, 5.41) is 0. The maximum atomic E-state index is 11.3. The van der Waals surface area contributed by atoms with Crippen molar-refractivity contribution in [3.05, 3.63) is 0 Å². The van der Waals surface area contributed by atoms with E-state index in [0.717, 1.165) is 19.4 Å². The van der Waals surface area contributed by atoms with Gasteiger partial charge in [-0.15, -0.1) is 0 Å². The summed E-state index contributed by atoms with van der Waals surface area (Å²) < 4.78 is 26.9. The zero-order chi connectivity index (χ0) is 20.5. The fraction of sp³-hybridized carbons (Fsp3) is 0.955. The molecule has 28 heavy (non-hydrogen) atoms. The third-order valence-corrected chi connectivity index (χ3v) is 4.15. The van der Waals surface area contributed by atoms with Crippen molar-refractivity contribution in [2.24, 2.45) is 0 Å². The average molecular weight is 405 g/mol. The first-order valence-corrected chi connectivity index (χ1v) is 11.3. The van der Waals surface area contributed by atoms with Gasteiger partial charge < -0.3 is 23.7 Å². The van der Waals surface area contributed by atoms with Gasteiger partial charge in [-0.3, -0.25) is 4.79 Å². The van der Waals surface area contributed by atoms with Gasteiger partial charge in [-0.1, -0.05) is 52.4 Å². The van der Waals surface area contributed by atoms with E-state index >= 15 is 0 Å². The van der Waals surface area contributed by atoms with Crippen molar-refractivity contribution in [1.29, 1.82) is 0 Å². The summed E-state index contributed by atoms with van der Waals surface area (Å²) >= 11 is 0. The lowest BCUT2D eigenvalue weighted by Gasteiger charge is -2.08. The van der Waals surface area contributed by atoms with Crippen molar-refractivity contribution in [3.63, 3.8) is 0 Å². The first-order valence-electron chi connectivity index (χ1n) is 11.3. The SMILES string of the molecule is CCCCCCCCCOCCOCCOCCOCCCC(=O)OCCC. The van der Waals surface area contributed by atoms with Crippen LogP contribution in [0.25, 0.3) is 0 Å². The quantitative estimate of drug-likeness (QED) is 0.184. The minimum absolute atomic E-state index is 0.148. The van der Waals surface area contributed by atoms with Crippen LogP contribution < -0.4 is 0 Å². The molecule has 0 atom stereocenters. The number of ether oxygens (including phenoxy) is 5. The maximum Gasteiger partial charge on any atom is 0.305 e. The second kappa shape index (κ2) is 24.3. The van der Waals surface area contributed by atoms with Crippen molar-refractivity contribution in [2.45, 2.75) is 78.1 Å². The molecule has 6 nitrogen and oxygen atoms in total. The standard InChI is InChI=1S/C22H44O6/c1-3-5-6-7-8-9-10-14-24-16-18-26-20-21-27-19-17-25-15-11-12-22(23)28-13-4-2/h3-21H2,1-2H3. The van der Waals surface area contributed by atoms with Crippen molar-refractivity contribution >= 4 is 5.97 Å². The Morgan fingerprint density at radius 1 is 0.500 bits per heavy atom. The van der Waals surface area contributed by atoms with Gasteiger partial charge in [0.05, 0.1) is 46.2 Å². The largest absolute Gasteiger partial charge is 0.466 e. The molecular formula is C22H44O6. The lowest BCUT2D eigenvalue weighted by molar-refractivity contribution is -0.144. The third kappa shape index (κ3) is 23.3. The zero-order valence-electron chi connectivity index (χ0n) is 18.4. The highest BCUT2D eigenvalue weighted by atomic mass is 16.6. The highest BCUT2D eigenvalue weighted by molar-refractivity contribution is 5.69. The Balaban J connectivity index is 3.04. The van der Waals surface area contributed by atoms with Gasteiger partial charge in [0.25, 0.3) is 0 Å². The topological polar surface area (TPSA) is 63.2 Å². The highest BCUT2D eigenvalue weighted by Crippen LogP contribution is 2.06. The van der Waals surface area contributed by atoms with Gasteiger partial charge >= 0.3 is 5.97 Å². The molecule has 0 aromatic heterocycles. The van der Waals surface area contributed by atoms with E-state index < -0.39 is 0 Å². The minimum Gasteiger partial charge on any atom is -0.466 e. The molecule has 6 heteroatoms.